The second-order valence-corrected chi connectivity index (χ2v) is 61.1. The first kappa shape index (κ1) is 141. The molecule has 0 amide bonds. The molecular weight excluding hydrogens is 2160 g/mol. The monoisotopic (exact) mass is 2370 g/mol. The molecule has 19 nitrogen and oxygen atoms in total. The van der Waals surface area contributed by atoms with Gasteiger partial charge in [-0.05, 0) is 159 Å². The normalized spacial score (nSPS) is 15.9. The Morgan fingerprint density at radius 1 is 0.352 bits per heavy atom. The van der Waals surface area contributed by atoms with Crippen LogP contribution in [0.2, 0.25) is 0 Å². The molecule has 0 aliphatic carbocycles. The van der Waals surface area contributed by atoms with Crippen LogP contribution in [0.25, 0.3) is 22.6 Å². The molecule has 8 aromatic rings. The van der Waals surface area contributed by atoms with Crippen molar-refractivity contribution in [1.82, 2.24) is 57.8 Å². The van der Waals surface area contributed by atoms with E-state index < -0.39 is 0 Å². The fourth-order valence-corrected chi connectivity index (χ4v) is 18.0. The molecule has 6 unspecified atom stereocenters. The van der Waals surface area contributed by atoms with E-state index in [9.17, 15) is 0 Å². The van der Waals surface area contributed by atoms with E-state index in [1.54, 1.807) is 0 Å². The van der Waals surface area contributed by atoms with Crippen LogP contribution in [-0.2, 0) is 185 Å². The summed E-state index contributed by atoms with van der Waals surface area (Å²) in [6.07, 6.45) is 35.9. The summed E-state index contributed by atoms with van der Waals surface area (Å²) in [4.78, 5) is 50.1. The SMILES string of the molecule is CC(C)(C)[CH-]C(N(C1=NC2=C(C(C)(C)C)C=NC2N=[C-]1)C(C)(C)C)C(C)(C)C.CC(C)(C)[CH-]C(N(c1[c-]cc2ncc(C(C)(C)C)n2n1)C(C)(C)C)C(C)(C)C.CC(C)(C)[CH-]C(N(c1[c-]cn2ncc(C(C)(C)C)c2n1)C(C)(C)C)C(C)(C)C.CC(C)(C)[CH-]C(N(c1[c-]nc2ccc(C(C)(C)C)n2c1)C(C)(C)C)C(C)(C)C.CC(C)(C)[CH-]C(N(c1[c-]nc2cnc(C(C)(C)C)n2c1)C(C)(C)C)C(C)(C)C.[Y].[Y].[Y].[Y].[Y]. The summed E-state index contributed by atoms with van der Waals surface area (Å²) in [6, 6.07) is 14.2. The van der Waals surface area contributed by atoms with Crippen LogP contribution in [0.5, 0.6) is 0 Å². The average Bonchev–Trinajstić information content (AvgIpc) is 1.74. The van der Waals surface area contributed by atoms with Crippen LogP contribution in [0.1, 0.15) is 438 Å². The van der Waals surface area contributed by atoms with Crippen molar-refractivity contribution in [2.75, 3.05) is 19.6 Å². The third-order valence-corrected chi connectivity index (χ3v) is 24.5. The molecule has 2 aliphatic rings. The van der Waals surface area contributed by atoms with Crippen molar-refractivity contribution in [1.29, 1.82) is 0 Å². The molecule has 6 atom stereocenters. The number of nitrogens with zero attached hydrogens (tertiary/aromatic N) is 19. The fourth-order valence-electron chi connectivity index (χ4n) is 18.0. The van der Waals surface area contributed by atoms with Gasteiger partial charge in [0.05, 0.1) is 23.5 Å². The number of hydrogen-bond acceptors (Lipinski definition) is 15. The second kappa shape index (κ2) is 49.7. The minimum absolute atomic E-state index is 0. The molecule has 8 aromatic heterocycles. The van der Waals surface area contributed by atoms with Gasteiger partial charge in [-0.25, -0.2) is 6.07 Å². The van der Waals surface area contributed by atoms with E-state index in [1.165, 1.54) is 11.3 Å². The summed E-state index contributed by atoms with van der Waals surface area (Å²) >= 11 is 0. The molecule has 145 heavy (non-hydrogen) atoms. The zero-order chi connectivity index (χ0) is 109. The molecule has 0 spiro atoms. The largest absolute Gasteiger partial charge is 0.469 e. The Labute approximate surface area is 1010 Å². The van der Waals surface area contributed by atoms with Gasteiger partial charge in [-0.3, -0.25) is 29.0 Å². The molecule has 0 bridgehead atoms. The van der Waals surface area contributed by atoms with E-state index in [-0.39, 0.29) is 309 Å². The zero-order valence-electron chi connectivity index (χ0n) is 104. The van der Waals surface area contributed by atoms with Crippen molar-refractivity contribution in [2.24, 2.45) is 74.5 Å². The van der Waals surface area contributed by atoms with E-state index in [4.69, 9.17) is 20.1 Å². The van der Waals surface area contributed by atoms with Crippen molar-refractivity contribution in [3.8, 4) is 0 Å². The van der Waals surface area contributed by atoms with Gasteiger partial charge >= 0.3 is 0 Å². The van der Waals surface area contributed by atoms with Gasteiger partial charge in [0.25, 0.3) is 0 Å². The van der Waals surface area contributed by atoms with Crippen LogP contribution in [0.4, 0.5) is 23.0 Å². The third-order valence-electron chi connectivity index (χ3n) is 24.5. The molecule has 0 N–H and O–H groups in total. The summed E-state index contributed by atoms with van der Waals surface area (Å²) in [6.45, 7) is 136. The Kier molecular flexibility index (Phi) is 48.3. The number of fused-ring (bicyclic) bond motifs is 5. The maximum atomic E-state index is 5.10. The van der Waals surface area contributed by atoms with Gasteiger partial charge in [-0.1, -0.05) is 385 Å². The number of amidine groups is 1. The van der Waals surface area contributed by atoms with Crippen LogP contribution >= 0.6 is 0 Å². The summed E-state index contributed by atoms with van der Waals surface area (Å²) in [5.41, 5.74) is 11.5. The molecule has 10 heterocycles. The van der Waals surface area contributed by atoms with E-state index in [1.807, 2.05) is 46.1 Å². The summed E-state index contributed by atoms with van der Waals surface area (Å²) in [7, 11) is 0. The van der Waals surface area contributed by atoms with Gasteiger partial charge in [-0.2, -0.15) is 43.3 Å². The first-order valence-electron chi connectivity index (χ1n) is 51.9. The Balaban J connectivity index is 0.000000899. The van der Waals surface area contributed by atoms with E-state index in [0.717, 1.165) is 74.2 Å². The maximum Gasteiger partial charge on any atom is 0.154 e. The van der Waals surface area contributed by atoms with Crippen LogP contribution in [-0.4, -0.2) is 140 Å². The van der Waals surface area contributed by atoms with Crippen LogP contribution in [0, 0.1) is 116 Å². The minimum Gasteiger partial charge on any atom is -0.469 e. The van der Waals surface area contributed by atoms with Crippen molar-refractivity contribution >= 4 is 63.9 Å². The molecule has 0 saturated heterocycles. The number of imidazole rings is 2. The van der Waals surface area contributed by atoms with E-state index in [2.05, 4.69) is 566 Å². The Morgan fingerprint density at radius 3 is 1.07 bits per heavy atom. The molecule has 805 valence electrons. The standard InChI is InChI=1S/C25H41N3.4C24H40N4.5Y/c1-22(2,3)15-20(24(7,8)9)28(25(10,11)12)18-16-26-21-14-13-19(23(4,5)6)27(21)17-18;1-21(2,3)13-18(22(4,5)6)28(24(10,11)12)17-14-25-19-15-26-20(23(7,8)9)27(19)16-17;1-21(2,3)13-17(23(7,8)9)28(24(10,11)12)18-15-26-20-19(27-18)16(14-25-20)22(4,5)6;1-21(2,3)15-18(23(7,8)9)28(24(10,11)12)19-13-14-27-20(26-19)17(16-25-27)22(4,5)6;1-21(2,3)15-17(22(4,5)6)27(24(10,11)12)20-14-13-19-25-16-18(23(7,8)9)28(19)26-20;;;;;/h13-15,17,20H,1-12H3;13,15-16,18H,1-12H3;13-14,17,20H,1-12H3;14-16,18H,1-12H3;13,15-17H,1-12H3;;;;;/q5*-2;;;;;. The van der Waals surface area contributed by atoms with Crippen molar-refractivity contribution in [3.63, 3.8) is 0 Å². The van der Waals surface area contributed by atoms with Crippen LogP contribution in [0.3, 0.4) is 0 Å². The molecule has 2 aliphatic heterocycles. The number of allylic oxidation sites excluding steroid dienone is 1. The first-order valence-corrected chi connectivity index (χ1v) is 51.9. The summed E-state index contributed by atoms with van der Waals surface area (Å²) < 4.78 is 8.19. The molecule has 0 aromatic carbocycles. The third kappa shape index (κ3) is 40.1. The minimum atomic E-state index is -0.237. The van der Waals surface area contributed by atoms with Gasteiger partial charge in [-0.15, -0.1) is 6.20 Å². The van der Waals surface area contributed by atoms with Gasteiger partial charge < -0.3 is 97.6 Å². The van der Waals surface area contributed by atoms with E-state index >= 15 is 0 Å². The van der Waals surface area contributed by atoms with Crippen LogP contribution in [0.15, 0.2) is 81.6 Å². The van der Waals surface area contributed by atoms with Crippen molar-refractivity contribution < 1.29 is 164 Å². The van der Waals surface area contributed by atoms with Crippen LogP contribution < -0.4 is 19.6 Å². The number of aliphatic imine (C=N–C) groups is 3. The number of hydrogen-bond donors (Lipinski definition) is 0. The molecule has 24 heteroatoms. The predicted molar refractivity (Wildman–Crippen MR) is 603 cm³/mol. The zero-order valence-corrected chi connectivity index (χ0v) is 118. The Morgan fingerprint density at radius 2 is 0.717 bits per heavy atom. The second-order valence-electron chi connectivity index (χ2n) is 61.1. The molecule has 5 radical (unpaired) electrons. The topological polar surface area (TPSA) is 161 Å². The fraction of sp³-hybridized carbons (Fsp3) is 0.711. The van der Waals surface area contributed by atoms with Gasteiger partial charge in [0.2, 0.25) is 0 Å². The Bertz CT molecular complexity index is 4990. The molecular formula is C121H201N19Y5-10. The van der Waals surface area contributed by atoms with E-state index in [0.29, 0.717) is 0 Å². The molecule has 0 saturated carbocycles. The van der Waals surface area contributed by atoms with Gasteiger partial charge in [0.15, 0.2) is 5.65 Å². The van der Waals surface area contributed by atoms with Gasteiger partial charge in [0, 0.05) is 266 Å². The van der Waals surface area contributed by atoms with Crippen molar-refractivity contribution in [2.45, 2.75) is 501 Å². The quantitative estimate of drug-likeness (QED) is 0.0949. The number of aromatic nitrogens is 11. The van der Waals surface area contributed by atoms with Crippen molar-refractivity contribution in [3.05, 3.63) is 146 Å². The smallest absolute Gasteiger partial charge is 0.154 e. The average molecular weight is 2370 g/mol. The molecule has 10 rings (SSSR count). The number of rotatable bonds is 14. The summed E-state index contributed by atoms with van der Waals surface area (Å²) in [5.74, 6) is 3.58. The first-order chi connectivity index (χ1) is 62.1. The Hall–Kier alpha value is -2.18. The van der Waals surface area contributed by atoms with Gasteiger partial charge in [0.1, 0.15) is 6.17 Å². The predicted octanol–water partition coefficient (Wildman–Crippen LogP) is 30.8. The maximum absolute atomic E-state index is 5.10. The molecule has 0 fully saturated rings. The summed E-state index contributed by atoms with van der Waals surface area (Å²) in [5, 5.41) is 9.53. The number of anilines is 4.